The molecular weight excluding hydrogens is 433 g/mol. The van der Waals surface area contributed by atoms with E-state index in [0.29, 0.717) is 11.4 Å². The van der Waals surface area contributed by atoms with Crippen molar-refractivity contribution in [2.24, 2.45) is 5.92 Å². The number of pyridine rings is 1. The summed E-state index contributed by atoms with van der Waals surface area (Å²) < 4.78 is 40.6. The van der Waals surface area contributed by atoms with Gasteiger partial charge in [-0.05, 0) is 37.3 Å². The van der Waals surface area contributed by atoms with Crippen LogP contribution in [0.15, 0.2) is 30.6 Å². The molecule has 1 aliphatic carbocycles. The van der Waals surface area contributed by atoms with Crippen LogP contribution in [-0.4, -0.2) is 37.6 Å². The second-order valence-corrected chi connectivity index (χ2v) is 8.14. The molecule has 7 nitrogen and oxygen atoms in total. The van der Waals surface area contributed by atoms with Crippen molar-refractivity contribution in [3.63, 3.8) is 0 Å². The van der Waals surface area contributed by atoms with Gasteiger partial charge in [-0.25, -0.2) is 4.98 Å². The molecule has 31 heavy (non-hydrogen) atoms. The maximum atomic E-state index is 13.0. The van der Waals surface area contributed by atoms with E-state index in [0.717, 1.165) is 31.9 Å². The zero-order chi connectivity index (χ0) is 22.2. The van der Waals surface area contributed by atoms with Crippen LogP contribution >= 0.6 is 11.6 Å². The van der Waals surface area contributed by atoms with Gasteiger partial charge in [0.2, 0.25) is 0 Å². The first kappa shape index (κ1) is 21.5. The second kappa shape index (κ2) is 8.41. The zero-order valence-corrected chi connectivity index (χ0v) is 17.5. The van der Waals surface area contributed by atoms with Crippen molar-refractivity contribution < 1.29 is 18.0 Å². The molecule has 1 fully saturated rings. The lowest BCUT2D eigenvalue weighted by atomic mass is 9.80. The number of imidazole rings is 1. The molecule has 1 amide bonds. The molecule has 0 spiro atoms. The molecule has 3 aromatic heterocycles. The Hall–Kier alpha value is -2.75. The number of carbonyl (C=O) groups excluding carboxylic acids is 1. The predicted molar refractivity (Wildman–Crippen MR) is 110 cm³/mol. The number of hydrogen-bond donors (Lipinski definition) is 3. The number of halogens is 4. The molecule has 0 radical (unpaired) electrons. The van der Waals surface area contributed by atoms with Crippen LogP contribution in [-0.2, 0) is 6.18 Å². The highest BCUT2D eigenvalue weighted by Crippen LogP contribution is 2.32. The Morgan fingerprint density at radius 2 is 2.16 bits per heavy atom. The van der Waals surface area contributed by atoms with E-state index < -0.39 is 11.9 Å². The molecule has 3 N–H and O–H groups in total. The highest BCUT2D eigenvalue weighted by atomic mass is 35.5. The van der Waals surface area contributed by atoms with E-state index in [9.17, 15) is 18.0 Å². The Labute approximate surface area is 181 Å². The number of nitrogens with zero attached hydrogens (tertiary/aromatic N) is 3. The molecule has 166 valence electrons. The van der Waals surface area contributed by atoms with Crippen LogP contribution < -0.4 is 10.6 Å². The van der Waals surface area contributed by atoms with Crippen LogP contribution in [0.3, 0.4) is 0 Å². The number of aromatic nitrogens is 4. The van der Waals surface area contributed by atoms with Crippen LogP contribution in [0.1, 0.15) is 48.7 Å². The lowest BCUT2D eigenvalue weighted by Crippen LogP contribution is -2.46. The maximum Gasteiger partial charge on any atom is 0.434 e. The van der Waals surface area contributed by atoms with Gasteiger partial charge < -0.3 is 10.6 Å². The number of hydrogen-bond acceptors (Lipinski definition) is 4. The minimum atomic E-state index is -4.50. The summed E-state index contributed by atoms with van der Waals surface area (Å²) in [4.78, 5) is 16.2. The normalized spacial score (nSPS) is 21.9. The molecular formula is C20H22ClF3N6O. The first-order valence-corrected chi connectivity index (χ1v) is 10.5. The van der Waals surface area contributed by atoms with Crippen molar-refractivity contribution in [3.8, 4) is 0 Å². The molecule has 0 aromatic carbocycles. The van der Waals surface area contributed by atoms with Gasteiger partial charge >= 0.3 is 6.18 Å². The van der Waals surface area contributed by atoms with Crippen molar-refractivity contribution >= 4 is 29.0 Å². The van der Waals surface area contributed by atoms with Crippen molar-refractivity contribution in [1.82, 2.24) is 24.9 Å². The fourth-order valence-electron chi connectivity index (χ4n) is 4.19. The van der Waals surface area contributed by atoms with Gasteiger partial charge in [0.25, 0.3) is 5.91 Å². The number of anilines is 1. The summed E-state index contributed by atoms with van der Waals surface area (Å²) >= 11 is 5.95. The van der Waals surface area contributed by atoms with E-state index in [4.69, 9.17) is 11.6 Å². The van der Waals surface area contributed by atoms with Gasteiger partial charge in [-0.1, -0.05) is 31.0 Å². The van der Waals surface area contributed by atoms with E-state index in [1.54, 1.807) is 18.2 Å². The standard InChI is InChI=1S/C20H22ClF3N6O/c1-2-11-8-12(6-7-14(11)27-19(31)13-9-25-29-18(13)21)26-16-4-3-5-17-28-15(10-30(16)17)20(22,23)24/h3-5,9-12,14,26H,2,6-8H2,1H3,(H,25,29)(H,27,31)/t11?,12-,14-/m0/s1. The zero-order valence-electron chi connectivity index (χ0n) is 16.7. The molecule has 3 aromatic rings. The molecule has 4 rings (SSSR count). The number of nitrogens with one attached hydrogen (secondary N) is 3. The van der Waals surface area contributed by atoms with Crippen molar-refractivity contribution in [2.75, 3.05) is 5.32 Å². The van der Waals surface area contributed by atoms with Gasteiger partial charge in [0, 0.05) is 18.3 Å². The van der Waals surface area contributed by atoms with E-state index in [1.165, 1.54) is 10.6 Å². The van der Waals surface area contributed by atoms with Gasteiger partial charge in [0.05, 0.1) is 11.8 Å². The summed E-state index contributed by atoms with van der Waals surface area (Å²) in [6, 6.07) is 5.02. The van der Waals surface area contributed by atoms with Crippen molar-refractivity contribution in [3.05, 3.63) is 47.0 Å². The quantitative estimate of drug-likeness (QED) is 0.529. The van der Waals surface area contributed by atoms with Gasteiger partial charge in [-0.2, -0.15) is 18.3 Å². The Kier molecular flexibility index (Phi) is 5.83. The number of amides is 1. The number of fused-ring (bicyclic) bond motifs is 1. The summed E-state index contributed by atoms with van der Waals surface area (Å²) in [7, 11) is 0. The third-order valence-corrected chi connectivity index (χ3v) is 6.08. The van der Waals surface area contributed by atoms with E-state index in [-0.39, 0.29) is 34.7 Å². The van der Waals surface area contributed by atoms with Crippen molar-refractivity contribution in [2.45, 2.75) is 50.9 Å². The van der Waals surface area contributed by atoms with Gasteiger partial charge in [-0.15, -0.1) is 0 Å². The molecule has 0 bridgehead atoms. The topological polar surface area (TPSA) is 87.1 Å². The molecule has 0 aliphatic heterocycles. The SMILES string of the molecule is CCC1C[C@@H](Nc2cccc3nc(C(F)(F)F)cn23)CC[C@@H]1NC(=O)c1cn[nH]c1Cl. The van der Waals surface area contributed by atoms with Crippen molar-refractivity contribution in [1.29, 1.82) is 0 Å². The first-order chi connectivity index (χ1) is 14.8. The molecule has 3 atom stereocenters. The third kappa shape index (κ3) is 4.48. The molecule has 1 unspecified atom stereocenters. The minimum absolute atomic E-state index is 0.0117. The lowest BCUT2D eigenvalue weighted by Gasteiger charge is -2.37. The van der Waals surface area contributed by atoms with Crippen LogP contribution in [0.25, 0.3) is 5.65 Å². The van der Waals surface area contributed by atoms with Crippen LogP contribution in [0.4, 0.5) is 19.0 Å². The summed E-state index contributed by atoms with van der Waals surface area (Å²) in [5.41, 5.74) is -0.371. The van der Waals surface area contributed by atoms with Gasteiger partial charge in [-0.3, -0.25) is 14.3 Å². The monoisotopic (exact) mass is 454 g/mol. The second-order valence-electron chi connectivity index (χ2n) is 7.76. The average molecular weight is 455 g/mol. The fraction of sp³-hybridized carbons (Fsp3) is 0.450. The smallest absolute Gasteiger partial charge is 0.368 e. The lowest BCUT2D eigenvalue weighted by molar-refractivity contribution is -0.140. The number of aromatic amines is 1. The summed E-state index contributed by atoms with van der Waals surface area (Å²) in [6.07, 6.45) is 1.05. The summed E-state index contributed by atoms with van der Waals surface area (Å²) in [5.74, 6) is 0.512. The van der Waals surface area contributed by atoms with Gasteiger partial charge in [0.1, 0.15) is 16.6 Å². The number of rotatable bonds is 5. The largest absolute Gasteiger partial charge is 0.434 e. The van der Waals surface area contributed by atoms with Gasteiger partial charge in [0.15, 0.2) is 5.69 Å². The molecule has 0 saturated heterocycles. The average Bonchev–Trinajstić information content (AvgIpc) is 3.35. The number of carbonyl (C=O) groups is 1. The summed E-state index contributed by atoms with van der Waals surface area (Å²) in [5, 5.41) is 12.9. The van der Waals surface area contributed by atoms with E-state index >= 15 is 0 Å². The first-order valence-electron chi connectivity index (χ1n) is 10.1. The minimum Gasteiger partial charge on any atom is -0.368 e. The predicted octanol–water partition coefficient (Wildman–Crippen LogP) is 4.52. The molecule has 1 aliphatic rings. The number of H-pyrrole nitrogens is 1. The van der Waals surface area contributed by atoms with E-state index in [2.05, 4.69) is 32.7 Å². The van der Waals surface area contributed by atoms with Crippen LogP contribution in [0.5, 0.6) is 0 Å². The Balaban J connectivity index is 1.45. The van der Waals surface area contributed by atoms with E-state index in [1.807, 2.05) is 0 Å². The van der Waals surface area contributed by atoms with Crippen LogP contribution in [0.2, 0.25) is 5.15 Å². The molecule has 3 heterocycles. The van der Waals surface area contributed by atoms with Crippen LogP contribution in [0, 0.1) is 5.92 Å². The molecule has 11 heteroatoms. The highest BCUT2D eigenvalue weighted by Gasteiger charge is 2.35. The Bertz CT molecular complexity index is 1080. The fourth-order valence-corrected chi connectivity index (χ4v) is 4.37. The summed E-state index contributed by atoms with van der Waals surface area (Å²) in [6.45, 7) is 2.06. The maximum absolute atomic E-state index is 13.0. The number of alkyl halides is 3. The Morgan fingerprint density at radius 3 is 2.84 bits per heavy atom. The Morgan fingerprint density at radius 1 is 1.35 bits per heavy atom. The highest BCUT2D eigenvalue weighted by molar-refractivity contribution is 6.32. The third-order valence-electron chi connectivity index (χ3n) is 5.80. The molecule has 1 saturated carbocycles.